The molecule has 0 unspecified atom stereocenters. The first-order valence-electron chi connectivity index (χ1n) is 10.1. The van der Waals surface area contributed by atoms with Gasteiger partial charge in [-0.25, -0.2) is 0 Å². The first-order valence-corrected chi connectivity index (χ1v) is 10.1. The number of aromatic nitrogens is 1. The summed E-state index contributed by atoms with van der Waals surface area (Å²) in [6.45, 7) is 5.63. The van der Waals surface area contributed by atoms with Crippen molar-refractivity contribution in [2.45, 2.75) is 46.3 Å². The van der Waals surface area contributed by atoms with Gasteiger partial charge in [-0.05, 0) is 57.0 Å². The highest BCUT2D eigenvalue weighted by molar-refractivity contribution is 5.95. The molecule has 1 N–H and O–H groups in total. The van der Waals surface area contributed by atoms with Crippen LogP contribution in [0.15, 0.2) is 59.1 Å². The molecule has 0 aliphatic rings. The second-order valence-corrected chi connectivity index (χ2v) is 7.22. The molecule has 0 saturated heterocycles. The number of hydrogen-bond acceptors (Lipinski definition) is 6. The van der Waals surface area contributed by atoms with E-state index in [1.807, 2.05) is 37.3 Å². The van der Waals surface area contributed by atoms with Gasteiger partial charge >= 0.3 is 5.97 Å². The highest BCUT2D eigenvalue weighted by Crippen LogP contribution is 2.18. The van der Waals surface area contributed by atoms with Crippen molar-refractivity contribution in [2.75, 3.05) is 5.32 Å². The zero-order valence-corrected chi connectivity index (χ0v) is 17.9. The van der Waals surface area contributed by atoms with Crippen LogP contribution in [0.25, 0.3) is 0 Å². The second kappa shape index (κ2) is 10.4. The van der Waals surface area contributed by atoms with Gasteiger partial charge in [-0.1, -0.05) is 35.5 Å². The SMILES string of the molecule is Cc1noc(C)c1CCC(=O)O[C@H](C)C(=O)Nc1ccc(OCc2ccccc2)cc1. The first kappa shape index (κ1) is 22.1. The average Bonchev–Trinajstić information content (AvgIpc) is 3.09. The molecule has 0 aliphatic carbocycles. The van der Waals surface area contributed by atoms with E-state index in [1.165, 1.54) is 0 Å². The van der Waals surface area contributed by atoms with E-state index in [2.05, 4.69) is 10.5 Å². The number of esters is 1. The Bertz CT molecular complexity index is 993. The van der Waals surface area contributed by atoms with E-state index >= 15 is 0 Å². The number of aryl methyl sites for hydroxylation is 2. The third kappa shape index (κ3) is 6.44. The Morgan fingerprint density at radius 3 is 2.42 bits per heavy atom. The van der Waals surface area contributed by atoms with Crippen LogP contribution in [-0.2, 0) is 27.4 Å². The molecule has 162 valence electrons. The molecule has 3 rings (SSSR count). The maximum Gasteiger partial charge on any atom is 0.306 e. The van der Waals surface area contributed by atoms with E-state index < -0.39 is 18.0 Å². The Labute approximate surface area is 181 Å². The summed E-state index contributed by atoms with van der Waals surface area (Å²) in [4.78, 5) is 24.4. The van der Waals surface area contributed by atoms with Gasteiger partial charge < -0.3 is 19.3 Å². The van der Waals surface area contributed by atoms with Gasteiger partial charge in [-0.3, -0.25) is 9.59 Å². The Morgan fingerprint density at radius 2 is 1.77 bits per heavy atom. The van der Waals surface area contributed by atoms with Gasteiger partial charge in [0.25, 0.3) is 5.91 Å². The van der Waals surface area contributed by atoms with Crippen LogP contribution in [0.1, 0.15) is 35.9 Å². The molecule has 2 aromatic carbocycles. The quantitative estimate of drug-likeness (QED) is 0.515. The van der Waals surface area contributed by atoms with Crippen LogP contribution >= 0.6 is 0 Å². The Kier molecular flexibility index (Phi) is 7.43. The predicted molar refractivity (Wildman–Crippen MR) is 116 cm³/mol. The summed E-state index contributed by atoms with van der Waals surface area (Å²) in [5.74, 6) is 0.531. The molecule has 7 nitrogen and oxygen atoms in total. The lowest BCUT2D eigenvalue weighted by Crippen LogP contribution is -2.30. The first-order chi connectivity index (χ1) is 14.9. The molecule has 31 heavy (non-hydrogen) atoms. The number of anilines is 1. The maximum atomic E-state index is 12.3. The summed E-state index contributed by atoms with van der Waals surface area (Å²) in [6, 6.07) is 16.9. The molecule has 1 heterocycles. The van der Waals surface area contributed by atoms with Crippen LogP contribution < -0.4 is 10.1 Å². The van der Waals surface area contributed by atoms with Gasteiger partial charge in [-0.15, -0.1) is 0 Å². The molecule has 0 spiro atoms. The van der Waals surface area contributed by atoms with E-state index in [-0.39, 0.29) is 6.42 Å². The minimum Gasteiger partial charge on any atom is -0.489 e. The number of benzene rings is 2. The van der Waals surface area contributed by atoms with Crippen LogP contribution in [0.5, 0.6) is 5.75 Å². The van der Waals surface area contributed by atoms with Crippen LogP contribution in [0, 0.1) is 13.8 Å². The molecule has 1 aromatic heterocycles. The molecule has 0 radical (unpaired) electrons. The molecule has 0 bridgehead atoms. The molecule has 1 amide bonds. The Balaban J connectivity index is 1.43. The summed E-state index contributed by atoms with van der Waals surface area (Å²) in [7, 11) is 0. The van der Waals surface area contributed by atoms with Gasteiger partial charge in [0, 0.05) is 17.7 Å². The van der Waals surface area contributed by atoms with Crippen molar-refractivity contribution in [3.63, 3.8) is 0 Å². The topological polar surface area (TPSA) is 90.7 Å². The lowest BCUT2D eigenvalue weighted by Gasteiger charge is -2.14. The van der Waals surface area contributed by atoms with E-state index in [9.17, 15) is 9.59 Å². The zero-order chi connectivity index (χ0) is 22.2. The minimum atomic E-state index is -0.911. The van der Waals surface area contributed by atoms with Crippen molar-refractivity contribution < 1.29 is 23.6 Å². The number of carbonyl (C=O) groups is 2. The molecular formula is C24H26N2O5. The summed E-state index contributed by atoms with van der Waals surface area (Å²) >= 11 is 0. The zero-order valence-electron chi connectivity index (χ0n) is 17.9. The average molecular weight is 422 g/mol. The van der Waals surface area contributed by atoms with E-state index in [0.29, 0.717) is 30.2 Å². The fourth-order valence-corrected chi connectivity index (χ4v) is 3.01. The summed E-state index contributed by atoms with van der Waals surface area (Å²) in [5, 5.41) is 6.60. The monoisotopic (exact) mass is 422 g/mol. The van der Waals surface area contributed by atoms with E-state index in [4.69, 9.17) is 14.0 Å². The molecule has 0 fully saturated rings. The number of hydrogen-bond donors (Lipinski definition) is 1. The van der Waals surface area contributed by atoms with Crippen molar-refractivity contribution in [3.05, 3.63) is 77.2 Å². The number of nitrogens with one attached hydrogen (secondary N) is 1. The lowest BCUT2D eigenvalue weighted by molar-refractivity contribution is -0.153. The fraction of sp³-hybridized carbons (Fsp3) is 0.292. The lowest BCUT2D eigenvalue weighted by atomic mass is 10.1. The van der Waals surface area contributed by atoms with Crippen LogP contribution in [0.4, 0.5) is 5.69 Å². The standard InChI is InChI=1S/C24H26N2O5/c1-16-22(17(2)31-26-16)13-14-23(27)30-18(3)24(28)25-20-9-11-21(12-10-20)29-15-19-7-5-4-6-8-19/h4-12,18H,13-15H2,1-3H3,(H,25,28)/t18-/m1/s1. The van der Waals surface area contributed by atoms with Crippen molar-refractivity contribution >= 4 is 17.6 Å². The van der Waals surface area contributed by atoms with Gasteiger partial charge in [-0.2, -0.15) is 0 Å². The van der Waals surface area contributed by atoms with Crippen LogP contribution in [0.3, 0.4) is 0 Å². The van der Waals surface area contributed by atoms with E-state index in [0.717, 1.165) is 16.8 Å². The number of carbonyl (C=O) groups excluding carboxylic acids is 2. The molecule has 1 atom stereocenters. The largest absolute Gasteiger partial charge is 0.489 e. The third-order valence-electron chi connectivity index (χ3n) is 4.81. The van der Waals surface area contributed by atoms with Gasteiger partial charge in [0.1, 0.15) is 18.1 Å². The molecular weight excluding hydrogens is 396 g/mol. The predicted octanol–water partition coefficient (Wildman–Crippen LogP) is 4.37. The van der Waals surface area contributed by atoms with Crippen molar-refractivity contribution in [1.82, 2.24) is 5.16 Å². The summed E-state index contributed by atoms with van der Waals surface area (Å²) in [5.41, 5.74) is 3.32. The number of amides is 1. The normalized spacial score (nSPS) is 11.6. The minimum absolute atomic E-state index is 0.147. The fourth-order valence-electron chi connectivity index (χ4n) is 3.01. The Morgan fingerprint density at radius 1 is 1.06 bits per heavy atom. The smallest absolute Gasteiger partial charge is 0.306 e. The second-order valence-electron chi connectivity index (χ2n) is 7.22. The molecule has 0 aliphatic heterocycles. The summed E-state index contributed by atoms with van der Waals surface area (Å²) in [6.07, 6.45) is -0.307. The van der Waals surface area contributed by atoms with Gasteiger partial charge in [0.05, 0.1) is 5.69 Å². The highest BCUT2D eigenvalue weighted by Gasteiger charge is 2.19. The van der Waals surface area contributed by atoms with Crippen molar-refractivity contribution in [1.29, 1.82) is 0 Å². The number of nitrogens with zero attached hydrogens (tertiary/aromatic N) is 1. The summed E-state index contributed by atoms with van der Waals surface area (Å²) < 4.78 is 16.1. The Hall–Kier alpha value is -3.61. The van der Waals surface area contributed by atoms with Gasteiger partial charge in [0.2, 0.25) is 0 Å². The van der Waals surface area contributed by atoms with Crippen molar-refractivity contribution in [2.24, 2.45) is 0 Å². The number of ether oxygens (including phenoxy) is 2. The van der Waals surface area contributed by atoms with Crippen LogP contribution in [0.2, 0.25) is 0 Å². The molecule has 0 saturated carbocycles. The molecule has 3 aromatic rings. The van der Waals surface area contributed by atoms with Gasteiger partial charge in [0.15, 0.2) is 6.10 Å². The number of rotatable bonds is 9. The van der Waals surface area contributed by atoms with Crippen LogP contribution in [-0.4, -0.2) is 23.1 Å². The van der Waals surface area contributed by atoms with E-state index in [1.54, 1.807) is 38.1 Å². The highest BCUT2D eigenvalue weighted by atomic mass is 16.5. The van der Waals surface area contributed by atoms with Crippen molar-refractivity contribution in [3.8, 4) is 5.75 Å². The third-order valence-corrected chi connectivity index (χ3v) is 4.81. The molecule has 7 heteroatoms. The maximum absolute atomic E-state index is 12.3.